The Morgan fingerprint density at radius 3 is 2.69 bits per heavy atom. The number of rotatable bonds is 7. The number of hydrogen-bond donors (Lipinski definition) is 3. The summed E-state index contributed by atoms with van der Waals surface area (Å²) in [5.41, 5.74) is 2.77. The lowest BCUT2D eigenvalue weighted by Crippen LogP contribution is -2.43. The second-order valence-corrected chi connectivity index (χ2v) is 9.54. The van der Waals surface area contributed by atoms with Crippen LogP contribution in [0.3, 0.4) is 0 Å². The SMILES string of the molecule is CC(C)[C@H](NC(=O)CN1C(=O)N[C@H](Cc2c[nH]c3ccccc23)C1=O)c1ccc2c(c1)OCCCO2. The quantitative estimate of drug-likeness (QED) is 0.440. The second kappa shape index (κ2) is 9.93. The van der Waals surface area contributed by atoms with E-state index in [1.54, 1.807) is 0 Å². The van der Waals surface area contributed by atoms with Crippen LogP contribution in [0.5, 0.6) is 11.5 Å². The number of nitrogens with zero attached hydrogens (tertiary/aromatic N) is 1. The number of aromatic nitrogens is 1. The van der Waals surface area contributed by atoms with E-state index in [0.717, 1.165) is 33.4 Å². The molecule has 188 valence electrons. The first-order valence-corrected chi connectivity index (χ1v) is 12.3. The fourth-order valence-electron chi connectivity index (χ4n) is 4.76. The van der Waals surface area contributed by atoms with Gasteiger partial charge in [-0.15, -0.1) is 0 Å². The molecule has 5 rings (SSSR count). The maximum atomic E-state index is 13.0. The van der Waals surface area contributed by atoms with Gasteiger partial charge in [-0.3, -0.25) is 14.5 Å². The van der Waals surface area contributed by atoms with Crippen molar-refractivity contribution in [3.63, 3.8) is 0 Å². The van der Waals surface area contributed by atoms with Crippen LogP contribution in [-0.4, -0.2) is 53.5 Å². The minimum absolute atomic E-state index is 0.0661. The van der Waals surface area contributed by atoms with Gasteiger partial charge in [-0.2, -0.15) is 0 Å². The van der Waals surface area contributed by atoms with Gasteiger partial charge in [0.15, 0.2) is 11.5 Å². The molecular weight excluding hydrogens is 460 g/mol. The zero-order valence-corrected chi connectivity index (χ0v) is 20.4. The third-order valence-electron chi connectivity index (χ3n) is 6.62. The highest BCUT2D eigenvalue weighted by atomic mass is 16.5. The van der Waals surface area contributed by atoms with E-state index in [1.165, 1.54) is 0 Å². The van der Waals surface area contributed by atoms with Gasteiger partial charge in [0.2, 0.25) is 5.91 Å². The molecule has 1 saturated heterocycles. The van der Waals surface area contributed by atoms with Crippen molar-refractivity contribution in [3.05, 3.63) is 59.8 Å². The number of amides is 4. The monoisotopic (exact) mass is 490 g/mol. The predicted octanol–water partition coefficient (Wildman–Crippen LogP) is 3.31. The van der Waals surface area contributed by atoms with E-state index >= 15 is 0 Å². The molecule has 0 spiro atoms. The fourth-order valence-corrected chi connectivity index (χ4v) is 4.76. The number of fused-ring (bicyclic) bond motifs is 2. The van der Waals surface area contributed by atoms with Crippen LogP contribution >= 0.6 is 0 Å². The van der Waals surface area contributed by atoms with Crippen molar-refractivity contribution in [1.29, 1.82) is 0 Å². The number of hydrogen-bond acceptors (Lipinski definition) is 5. The average Bonchev–Trinajstić information content (AvgIpc) is 3.27. The lowest BCUT2D eigenvalue weighted by molar-refractivity contribution is -0.132. The molecule has 2 aliphatic heterocycles. The largest absolute Gasteiger partial charge is 0.490 e. The Morgan fingerprint density at radius 2 is 1.89 bits per heavy atom. The minimum Gasteiger partial charge on any atom is -0.490 e. The van der Waals surface area contributed by atoms with Crippen LogP contribution in [0.15, 0.2) is 48.7 Å². The number of carbonyl (C=O) groups is 3. The number of para-hydroxylation sites is 1. The molecule has 2 atom stereocenters. The van der Waals surface area contributed by atoms with Crippen LogP contribution in [0.25, 0.3) is 10.9 Å². The standard InChI is InChI=1S/C27H30N4O5/c1-16(2)25(17-8-9-22-23(13-17)36-11-5-10-35-22)30-24(32)15-31-26(33)21(29-27(31)34)12-18-14-28-20-7-4-3-6-19(18)20/h3-4,6-9,13-14,16,21,25,28H,5,10-12,15H2,1-2H3,(H,29,34)(H,30,32)/t21-,25+/m1/s1. The lowest BCUT2D eigenvalue weighted by atomic mass is 9.95. The van der Waals surface area contributed by atoms with Gasteiger partial charge in [0, 0.05) is 29.9 Å². The van der Waals surface area contributed by atoms with Gasteiger partial charge >= 0.3 is 6.03 Å². The normalized spacial score (nSPS) is 18.3. The third-order valence-corrected chi connectivity index (χ3v) is 6.62. The van der Waals surface area contributed by atoms with E-state index in [0.29, 0.717) is 31.1 Å². The first-order valence-electron chi connectivity index (χ1n) is 12.3. The summed E-state index contributed by atoms with van der Waals surface area (Å²) < 4.78 is 11.5. The Balaban J connectivity index is 1.25. The molecule has 0 unspecified atom stereocenters. The van der Waals surface area contributed by atoms with Crippen LogP contribution in [0, 0.1) is 5.92 Å². The summed E-state index contributed by atoms with van der Waals surface area (Å²) in [5, 5.41) is 6.72. The van der Waals surface area contributed by atoms with Gasteiger partial charge in [-0.05, 0) is 35.2 Å². The van der Waals surface area contributed by atoms with Crippen LogP contribution in [-0.2, 0) is 16.0 Å². The molecule has 2 aromatic carbocycles. The molecule has 1 fully saturated rings. The summed E-state index contributed by atoms with van der Waals surface area (Å²) in [6.07, 6.45) is 3.00. The Bertz CT molecular complexity index is 1300. The molecule has 9 nitrogen and oxygen atoms in total. The van der Waals surface area contributed by atoms with Gasteiger partial charge in [0.1, 0.15) is 12.6 Å². The van der Waals surface area contributed by atoms with Crippen molar-refractivity contribution in [1.82, 2.24) is 20.5 Å². The number of benzene rings is 2. The Labute approximate surface area is 209 Å². The second-order valence-electron chi connectivity index (χ2n) is 9.54. The topological polar surface area (TPSA) is 113 Å². The summed E-state index contributed by atoms with van der Waals surface area (Å²) in [5.74, 6) is 0.593. The zero-order valence-electron chi connectivity index (χ0n) is 20.4. The van der Waals surface area contributed by atoms with Crippen molar-refractivity contribution in [2.24, 2.45) is 5.92 Å². The molecule has 36 heavy (non-hydrogen) atoms. The highest BCUT2D eigenvalue weighted by Gasteiger charge is 2.39. The van der Waals surface area contributed by atoms with Crippen LogP contribution in [0.1, 0.15) is 37.4 Å². The Hall–Kier alpha value is -4.01. The number of imide groups is 1. The van der Waals surface area contributed by atoms with E-state index in [9.17, 15) is 14.4 Å². The maximum Gasteiger partial charge on any atom is 0.325 e. The molecule has 2 aliphatic rings. The molecular formula is C27H30N4O5. The van der Waals surface area contributed by atoms with Crippen LogP contribution < -0.4 is 20.1 Å². The smallest absolute Gasteiger partial charge is 0.325 e. The predicted molar refractivity (Wildman–Crippen MR) is 134 cm³/mol. The highest BCUT2D eigenvalue weighted by Crippen LogP contribution is 2.34. The molecule has 0 aliphatic carbocycles. The van der Waals surface area contributed by atoms with E-state index in [1.807, 2.05) is 62.5 Å². The molecule has 9 heteroatoms. The molecule has 3 N–H and O–H groups in total. The van der Waals surface area contributed by atoms with Gasteiger partial charge in [-0.1, -0.05) is 38.1 Å². The van der Waals surface area contributed by atoms with Crippen molar-refractivity contribution < 1.29 is 23.9 Å². The highest BCUT2D eigenvalue weighted by molar-refractivity contribution is 6.06. The maximum absolute atomic E-state index is 13.0. The number of ether oxygens (including phenoxy) is 2. The lowest BCUT2D eigenvalue weighted by Gasteiger charge is -2.25. The fraction of sp³-hybridized carbons (Fsp3) is 0.370. The van der Waals surface area contributed by atoms with Gasteiger partial charge in [0.25, 0.3) is 5.91 Å². The van der Waals surface area contributed by atoms with E-state index in [2.05, 4.69) is 15.6 Å². The molecule has 1 aromatic heterocycles. The Morgan fingerprint density at radius 1 is 1.11 bits per heavy atom. The first-order chi connectivity index (χ1) is 17.4. The molecule has 3 aromatic rings. The van der Waals surface area contributed by atoms with Crippen molar-refractivity contribution >= 4 is 28.7 Å². The molecule has 0 saturated carbocycles. The average molecular weight is 491 g/mol. The number of aromatic amines is 1. The summed E-state index contributed by atoms with van der Waals surface area (Å²) >= 11 is 0. The number of nitrogens with one attached hydrogen (secondary N) is 3. The molecule has 4 amide bonds. The first kappa shape index (κ1) is 23.7. The minimum atomic E-state index is -0.716. The van der Waals surface area contributed by atoms with E-state index < -0.39 is 23.9 Å². The van der Waals surface area contributed by atoms with Gasteiger partial charge in [-0.25, -0.2) is 4.79 Å². The van der Waals surface area contributed by atoms with Crippen molar-refractivity contribution in [2.75, 3.05) is 19.8 Å². The Kier molecular flexibility index (Phi) is 6.54. The molecule has 0 radical (unpaired) electrons. The van der Waals surface area contributed by atoms with Crippen molar-refractivity contribution in [3.8, 4) is 11.5 Å². The summed E-state index contributed by atoms with van der Waals surface area (Å²) in [6.45, 7) is 4.83. The molecule has 3 heterocycles. The number of carbonyl (C=O) groups excluding carboxylic acids is 3. The van der Waals surface area contributed by atoms with Crippen LogP contribution in [0.4, 0.5) is 4.79 Å². The summed E-state index contributed by atoms with van der Waals surface area (Å²) in [7, 11) is 0. The van der Waals surface area contributed by atoms with Crippen LogP contribution in [0.2, 0.25) is 0 Å². The zero-order chi connectivity index (χ0) is 25.2. The van der Waals surface area contributed by atoms with Gasteiger partial charge < -0.3 is 25.1 Å². The summed E-state index contributed by atoms with van der Waals surface area (Å²) in [4.78, 5) is 42.7. The van der Waals surface area contributed by atoms with E-state index in [-0.39, 0.29) is 18.5 Å². The van der Waals surface area contributed by atoms with E-state index in [4.69, 9.17) is 9.47 Å². The number of urea groups is 1. The van der Waals surface area contributed by atoms with Crippen molar-refractivity contribution in [2.45, 2.75) is 38.8 Å². The summed E-state index contributed by atoms with van der Waals surface area (Å²) in [6, 6.07) is 11.8. The van der Waals surface area contributed by atoms with Gasteiger partial charge in [0.05, 0.1) is 19.3 Å². The third kappa shape index (κ3) is 4.73. The molecule has 0 bridgehead atoms. The number of H-pyrrole nitrogens is 1.